The van der Waals surface area contributed by atoms with E-state index in [1.165, 1.54) is 6.92 Å². The molecular formula is C24H27N5O3S. The SMILES string of the molecule is CC(=O)Nc1c(C)cc(C)cc1-c1nnc(S[C@H](C)C(=O)Nc2c(C)cccc2C)[nH]c1=O. The molecule has 172 valence electrons. The third-order valence-corrected chi connectivity index (χ3v) is 6.07. The number of carbonyl (C=O) groups is 2. The molecule has 0 fully saturated rings. The lowest BCUT2D eigenvalue weighted by molar-refractivity contribution is -0.115. The van der Waals surface area contributed by atoms with E-state index in [1.807, 2.05) is 52.0 Å². The Hall–Kier alpha value is -3.46. The Morgan fingerprint density at radius 2 is 1.64 bits per heavy atom. The summed E-state index contributed by atoms with van der Waals surface area (Å²) >= 11 is 1.11. The van der Waals surface area contributed by atoms with Crippen LogP contribution in [-0.4, -0.2) is 32.2 Å². The summed E-state index contributed by atoms with van der Waals surface area (Å²) in [6.45, 7) is 10.8. The number of carbonyl (C=O) groups excluding carboxylic acids is 2. The highest BCUT2D eigenvalue weighted by atomic mass is 32.2. The fraction of sp³-hybridized carbons (Fsp3) is 0.292. The summed E-state index contributed by atoms with van der Waals surface area (Å²) in [5.74, 6) is -0.449. The highest BCUT2D eigenvalue weighted by Crippen LogP contribution is 2.30. The van der Waals surface area contributed by atoms with Gasteiger partial charge in [0, 0.05) is 18.2 Å². The van der Waals surface area contributed by atoms with Gasteiger partial charge in [-0.2, -0.15) is 0 Å². The highest BCUT2D eigenvalue weighted by Gasteiger charge is 2.20. The Bertz CT molecular complexity index is 1270. The van der Waals surface area contributed by atoms with E-state index < -0.39 is 10.8 Å². The molecule has 9 heteroatoms. The summed E-state index contributed by atoms with van der Waals surface area (Å²) in [6.07, 6.45) is 0. The van der Waals surface area contributed by atoms with Gasteiger partial charge in [0.1, 0.15) is 0 Å². The molecule has 0 radical (unpaired) electrons. The predicted octanol–water partition coefficient (Wildman–Crippen LogP) is 4.14. The van der Waals surface area contributed by atoms with E-state index in [0.29, 0.717) is 11.3 Å². The van der Waals surface area contributed by atoms with Crippen LogP contribution in [0.5, 0.6) is 0 Å². The van der Waals surface area contributed by atoms with Crippen LogP contribution in [0.4, 0.5) is 11.4 Å². The number of hydrogen-bond donors (Lipinski definition) is 3. The number of para-hydroxylation sites is 1. The van der Waals surface area contributed by atoms with Crippen LogP contribution >= 0.6 is 11.8 Å². The van der Waals surface area contributed by atoms with Crippen molar-refractivity contribution in [2.45, 2.75) is 51.9 Å². The molecule has 0 aliphatic carbocycles. The van der Waals surface area contributed by atoms with Gasteiger partial charge in [0.25, 0.3) is 5.56 Å². The normalized spacial score (nSPS) is 11.7. The Morgan fingerprint density at radius 3 is 2.24 bits per heavy atom. The highest BCUT2D eigenvalue weighted by molar-refractivity contribution is 8.00. The number of hydrogen-bond acceptors (Lipinski definition) is 6. The second-order valence-corrected chi connectivity index (χ2v) is 9.34. The minimum absolute atomic E-state index is 0.0996. The zero-order valence-corrected chi connectivity index (χ0v) is 20.3. The van der Waals surface area contributed by atoms with Gasteiger partial charge in [-0.3, -0.25) is 19.4 Å². The van der Waals surface area contributed by atoms with Gasteiger partial charge in [-0.1, -0.05) is 41.6 Å². The number of aromatic amines is 1. The number of nitrogens with one attached hydrogen (secondary N) is 3. The van der Waals surface area contributed by atoms with Crippen molar-refractivity contribution in [3.8, 4) is 11.3 Å². The molecule has 2 aromatic carbocycles. The first kappa shape index (κ1) is 24.2. The molecule has 1 atom stereocenters. The monoisotopic (exact) mass is 465 g/mol. The van der Waals surface area contributed by atoms with Crippen molar-refractivity contribution in [3.63, 3.8) is 0 Å². The van der Waals surface area contributed by atoms with Crippen molar-refractivity contribution in [1.29, 1.82) is 0 Å². The maximum atomic E-state index is 12.8. The Labute approximate surface area is 196 Å². The molecule has 0 spiro atoms. The average Bonchev–Trinajstić information content (AvgIpc) is 2.72. The third-order valence-electron chi connectivity index (χ3n) is 5.10. The molecule has 3 aromatic rings. The lowest BCUT2D eigenvalue weighted by Crippen LogP contribution is -2.24. The fourth-order valence-electron chi connectivity index (χ4n) is 3.51. The van der Waals surface area contributed by atoms with Crippen molar-refractivity contribution in [2.24, 2.45) is 0 Å². The summed E-state index contributed by atoms with van der Waals surface area (Å²) in [7, 11) is 0. The van der Waals surface area contributed by atoms with Crippen LogP contribution in [-0.2, 0) is 9.59 Å². The average molecular weight is 466 g/mol. The number of nitrogens with zero attached hydrogens (tertiary/aromatic N) is 2. The molecule has 0 saturated heterocycles. The Balaban J connectivity index is 1.84. The second-order valence-electron chi connectivity index (χ2n) is 8.01. The van der Waals surface area contributed by atoms with Crippen LogP contribution in [0, 0.1) is 27.7 Å². The molecule has 8 nitrogen and oxygen atoms in total. The number of rotatable bonds is 6. The van der Waals surface area contributed by atoms with Gasteiger partial charge in [0.05, 0.1) is 10.9 Å². The van der Waals surface area contributed by atoms with Gasteiger partial charge in [0.15, 0.2) is 10.9 Å². The molecule has 1 aromatic heterocycles. The molecule has 1 heterocycles. The number of amides is 2. The first-order valence-electron chi connectivity index (χ1n) is 10.5. The van der Waals surface area contributed by atoms with Crippen LogP contribution in [0.3, 0.4) is 0 Å². The van der Waals surface area contributed by atoms with Crippen molar-refractivity contribution in [1.82, 2.24) is 15.2 Å². The number of aromatic nitrogens is 3. The van der Waals surface area contributed by atoms with Crippen molar-refractivity contribution in [2.75, 3.05) is 10.6 Å². The summed E-state index contributed by atoms with van der Waals surface area (Å²) in [4.78, 5) is 39.9. The standard InChI is InChI=1S/C24H27N5O3S/c1-12-10-15(4)20(25-17(6)30)18(11-12)21-23(32)27-24(29-28-21)33-16(5)22(31)26-19-13(2)8-7-9-14(19)3/h7-11,16H,1-6H3,(H,25,30)(H,26,31)(H,27,29,32)/t16-/m1/s1. The molecule has 0 aliphatic heterocycles. The maximum absolute atomic E-state index is 12.8. The number of anilines is 2. The molecule has 0 bridgehead atoms. The Kier molecular flexibility index (Phi) is 7.33. The zero-order chi connectivity index (χ0) is 24.3. The number of thioether (sulfide) groups is 1. The minimum atomic E-state index is -0.518. The van der Waals surface area contributed by atoms with Crippen LogP contribution in [0.2, 0.25) is 0 Å². The molecule has 0 aliphatic rings. The zero-order valence-electron chi connectivity index (χ0n) is 19.5. The van der Waals surface area contributed by atoms with E-state index >= 15 is 0 Å². The van der Waals surface area contributed by atoms with Crippen LogP contribution in [0.15, 0.2) is 40.3 Å². The lowest BCUT2D eigenvalue weighted by Gasteiger charge is -2.15. The first-order chi connectivity index (χ1) is 15.6. The van der Waals surface area contributed by atoms with E-state index in [1.54, 1.807) is 13.0 Å². The molecule has 33 heavy (non-hydrogen) atoms. The van der Waals surface area contributed by atoms with Gasteiger partial charge < -0.3 is 10.6 Å². The number of aryl methyl sites for hydroxylation is 4. The van der Waals surface area contributed by atoms with Crippen LogP contribution < -0.4 is 16.2 Å². The topological polar surface area (TPSA) is 117 Å². The molecule has 2 amide bonds. The summed E-state index contributed by atoms with van der Waals surface area (Å²) in [5, 5.41) is 13.7. The molecule has 0 saturated carbocycles. The molecular weight excluding hydrogens is 438 g/mol. The molecule has 3 rings (SSSR count). The van der Waals surface area contributed by atoms with E-state index in [4.69, 9.17) is 0 Å². The Morgan fingerprint density at radius 1 is 0.970 bits per heavy atom. The minimum Gasteiger partial charge on any atom is -0.325 e. The summed E-state index contributed by atoms with van der Waals surface area (Å²) in [5.41, 5.74) is 5.13. The van der Waals surface area contributed by atoms with Crippen molar-refractivity contribution >= 4 is 35.0 Å². The van der Waals surface area contributed by atoms with E-state index in [9.17, 15) is 14.4 Å². The van der Waals surface area contributed by atoms with Gasteiger partial charge in [0.2, 0.25) is 11.8 Å². The predicted molar refractivity (Wildman–Crippen MR) is 132 cm³/mol. The maximum Gasteiger partial charge on any atom is 0.278 e. The summed E-state index contributed by atoms with van der Waals surface area (Å²) < 4.78 is 0. The van der Waals surface area contributed by atoms with Gasteiger partial charge in [-0.25, -0.2) is 0 Å². The van der Waals surface area contributed by atoms with E-state index in [2.05, 4.69) is 25.8 Å². The van der Waals surface area contributed by atoms with Crippen molar-refractivity contribution < 1.29 is 9.59 Å². The van der Waals surface area contributed by atoms with Crippen LogP contribution in [0.25, 0.3) is 11.3 Å². The molecule has 0 unspecified atom stereocenters. The van der Waals surface area contributed by atoms with E-state index in [-0.39, 0.29) is 22.7 Å². The molecule has 3 N–H and O–H groups in total. The largest absolute Gasteiger partial charge is 0.325 e. The van der Waals surface area contributed by atoms with Gasteiger partial charge >= 0.3 is 0 Å². The number of benzene rings is 2. The van der Waals surface area contributed by atoms with Crippen molar-refractivity contribution in [3.05, 3.63) is 62.9 Å². The lowest BCUT2D eigenvalue weighted by atomic mass is 10.0. The number of H-pyrrole nitrogens is 1. The van der Waals surface area contributed by atoms with Crippen LogP contribution in [0.1, 0.15) is 36.1 Å². The van der Waals surface area contributed by atoms with Gasteiger partial charge in [-0.05, 0) is 57.4 Å². The van der Waals surface area contributed by atoms with E-state index in [0.717, 1.165) is 39.7 Å². The third kappa shape index (κ3) is 5.67. The fourth-order valence-corrected chi connectivity index (χ4v) is 4.25. The summed E-state index contributed by atoms with van der Waals surface area (Å²) in [6, 6.07) is 9.50. The quantitative estimate of drug-likeness (QED) is 0.471. The first-order valence-corrected chi connectivity index (χ1v) is 11.3. The van der Waals surface area contributed by atoms with Gasteiger partial charge in [-0.15, -0.1) is 10.2 Å². The second kappa shape index (κ2) is 9.99. The smallest absolute Gasteiger partial charge is 0.278 e.